The zero-order valence-electron chi connectivity index (χ0n) is 15.9. The lowest BCUT2D eigenvalue weighted by Crippen LogP contribution is -2.49. The van der Waals surface area contributed by atoms with Crippen LogP contribution in [0.5, 0.6) is 5.75 Å². The Labute approximate surface area is 171 Å². The highest BCUT2D eigenvalue weighted by atomic mass is 32.1. The van der Waals surface area contributed by atoms with Crippen molar-refractivity contribution in [2.45, 2.75) is 50.5 Å². The van der Waals surface area contributed by atoms with Crippen LogP contribution in [0.25, 0.3) is 4.96 Å². The molecule has 0 spiro atoms. The minimum atomic E-state index is -0.418. The van der Waals surface area contributed by atoms with Crippen molar-refractivity contribution in [2.24, 2.45) is 17.8 Å². The fourth-order valence-corrected chi connectivity index (χ4v) is 6.99. The molecular weight excluding hydrogens is 390 g/mol. The first-order valence-electron chi connectivity index (χ1n) is 10.2. The highest BCUT2D eigenvalue weighted by Gasteiger charge is 2.54. The van der Waals surface area contributed by atoms with Gasteiger partial charge in [0.2, 0.25) is 4.96 Å². The van der Waals surface area contributed by atoms with E-state index in [0.717, 1.165) is 33.5 Å². The topological polar surface area (TPSA) is 95.5 Å². The number of nitrogens with zero attached hydrogens (tertiary/aromatic N) is 5. The third-order valence-corrected chi connectivity index (χ3v) is 7.83. The van der Waals surface area contributed by atoms with Crippen LogP contribution in [0.2, 0.25) is 0 Å². The van der Waals surface area contributed by atoms with Gasteiger partial charge in [0.25, 0.3) is 5.69 Å². The standard InChI is InChI=1S/C20H21N5O3S/c26-25(27)15-1-3-16(4-2-15)28-11-17-23-24-18(21-22-19(24)29-17)20-8-12-5-13(9-20)7-14(6-12)10-20/h1-4,12-14H,5-11H2. The minimum Gasteiger partial charge on any atom is -0.486 e. The maximum Gasteiger partial charge on any atom is 0.269 e. The largest absolute Gasteiger partial charge is 0.486 e. The van der Waals surface area contributed by atoms with Crippen molar-refractivity contribution < 1.29 is 9.66 Å². The van der Waals surface area contributed by atoms with E-state index < -0.39 is 4.92 Å². The molecule has 7 rings (SSSR count). The van der Waals surface area contributed by atoms with Crippen molar-refractivity contribution in [3.8, 4) is 5.75 Å². The Kier molecular flexibility index (Phi) is 3.72. The Hall–Kier alpha value is -2.55. The first kappa shape index (κ1) is 17.3. The van der Waals surface area contributed by atoms with Gasteiger partial charge in [-0.3, -0.25) is 10.1 Å². The number of rotatable bonds is 5. The molecule has 9 heteroatoms. The molecule has 2 heterocycles. The Balaban J connectivity index is 1.24. The van der Waals surface area contributed by atoms with Crippen LogP contribution in [0, 0.1) is 27.9 Å². The van der Waals surface area contributed by atoms with Gasteiger partial charge in [-0.2, -0.15) is 9.61 Å². The maximum atomic E-state index is 10.8. The SMILES string of the molecule is O=[N+]([O-])c1ccc(OCc2nn3c(C45CC6CC(CC(C6)C4)C5)nnc3s2)cc1. The van der Waals surface area contributed by atoms with E-state index in [9.17, 15) is 10.1 Å². The van der Waals surface area contributed by atoms with Crippen molar-refractivity contribution >= 4 is 22.0 Å². The van der Waals surface area contributed by atoms with Crippen LogP contribution in [0.1, 0.15) is 49.4 Å². The lowest BCUT2D eigenvalue weighted by molar-refractivity contribution is -0.384. The summed E-state index contributed by atoms with van der Waals surface area (Å²) >= 11 is 1.49. The Morgan fingerprint density at radius 3 is 2.38 bits per heavy atom. The number of fused-ring (bicyclic) bond motifs is 1. The molecule has 4 saturated carbocycles. The van der Waals surface area contributed by atoms with Gasteiger partial charge in [-0.15, -0.1) is 10.2 Å². The van der Waals surface area contributed by atoms with E-state index >= 15 is 0 Å². The van der Waals surface area contributed by atoms with Crippen molar-refractivity contribution in [3.05, 3.63) is 45.2 Å². The number of nitro benzene ring substituents is 1. The molecule has 4 aliphatic carbocycles. The number of non-ortho nitro benzene ring substituents is 1. The summed E-state index contributed by atoms with van der Waals surface area (Å²) in [4.78, 5) is 11.2. The quantitative estimate of drug-likeness (QED) is 0.462. The van der Waals surface area contributed by atoms with Gasteiger partial charge in [-0.25, -0.2) is 0 Å². The second kappa shape index (κ2) is 6.22. The highest BCUT2D eigenvalue weighted by molar-refractivity contribution is 7.16. The maximum absolute atomic E-state index is 10.8. The molecule has 0 unspecified atom stereocenters. The molecule has 2 aromatic heterocycles. The van der Waals surface area contributed by atoms with Gasteiger partial charge in [-0.1, -0.05) is 11.3 Å². The molecule has 1 aromatic carbocycles. The summed E-state index contributed by atoms with van der Waals surface area (Å²) in [6.07, 6.45) is 7.87. The van der Waals surface area contributed by atoms with Gasteiger partial charge < -0.3 is 4.74 Å². The third kappa shape index (κ3) is 2.82. The number of benzene rings is 1. The molecule has 4 bridgehead atoms. The van der Waals surface area contributed by atoms with Crippen molar-refractivity contribution in [1.29, 1.82) is 0 Å². The summed E-state index contributed by atoms with van der Waals surface area (Å²) < 4.78 is 7.73. The summed E-state index contributed by atoms with van der Waals surface area (Å²) in [5, 5.41) is 25.4. The first-order valence-corrected chi connectivity index (χ1v) is 11.0. The van der Waals surface area contributed by atoms with Crippen LogP contribution in [0.4, 0.5) is 5.69 Å². The van der Waals surface area contributed by atoms with E-state index in [4.69, 9.17) is 9.84 Å². The van der Waals surface area contributed by atoms with E-state index in [1.807, 2.05) is 4.52 Å². The van der Waals surface area contributed by atoms with Crippen LogP contribution >= 0.6 is 11.3 Å². The molecule has 150 valence electrons. The summed E-state index contributed by atoms with van der Waals surface area (Å²) in [6.45, 7) is 0.312. The van der Waals surface area contributed by atoms with E-state index in [2.05, 4.69) is 10.2 Å². The second-order valence-electron chi connectivity index (χ2n) is 8.95. The van der Waals surface area contributed by atoms with Gasteiger partial charge in [0.15, 0.2) is 10.8 Å². The molecule has 0 saturated heterocycles. The second-order valence-corrected chi connectivity index (χ2v) is 9.99. The van der Waals surface area contributed by atoms with Crippen molar-refractivity contribution in [1.82, 2.24) is 19.8 Å². The van der Waals surface area contributed by atoms with E-state index in [0.29, 0.717) is 12.4 Å². The molecule has 0 amide bonds. The number of aromatic nitrogens is 4. The minimum absolute atomic E-state index is 0.0522. The predicted octanol–water partition coefficient (Wildman–Crippen LogP) is 4.14. The monoisotopic (exact) mass is 411 g/mol. The fourth-order valence-electron chi connectivity index (χ4n) is 6.24. The van der Waals surface area contributed by atoms with Crippen LogP contribution in [-0.4, -0.2) is 24.7 Å². The number of ether oxygens (including phenoxy) is 1. The summed E-state index contributed by atoms with van der Waals surface area (Å²) in [7, 11) is 0. The number of hydrogen-bond donors (Lipinski definition) is 0. The Bertz CT molecular complexity index is 1050. The lowest BCUT2D eigenvalue weighted by atomic mass is 9.49. The molecule has 0 N–H and O–H groups in total. The van der Waals surface area contributed by atoms with Crippen LogP contribution < -0.4 is 4.74 Å². The third-order valence-electron chi connectivity index (χ3n) is 6.96. The lowest BCUT2D eigenvalue weighted by Gasteiger charge is -2.55. The molecule has 4 fully saturated rings. The molecule has 0 atom stereocenters. The van der Waals surface area contributed by atoms with Crippen LogP contribution in [0.3, 0.4) is 0 Å². The zero-order chi connectivity index (χ0) is 19.6. The van der Waals surface area contributed by atoms with Gasteiger partial charge in [0.05, 0.1) is 4.92 Å². The highest BCUT2D eigenvalue weighted by Crippen LogP contribution is 2.60. The Morgan fingerprint density at radius 2 is 1.76 bits per heavy atom. The molecular formula is C20H21N5O3S. The number of hydrogen-bond acceptors (Lipinski definition) is 7. The smallest absolute Gasteiger partial charge is 0.269 e. The zero-order valence-corrected chi connectivity index (χ0v) is 16.7. The van der Waals surface area contributed by atoms with Gasteiger partial charge in [0.1, 0.15) is 12.4 Å². The molecule has 0 aliphatic heterocycles. The van der Waals surface area contributed by atoms with Gasteiger partial charge >= 0.3 is 0 Å². The average Bonchev–Trinajstić information content (AvgIpc) is 3.26. The molecule has 3 aromatic rings. The van der Waals surface area contributed by atoms with Gasteiger partial charge in [-0.05, 0) is 68.4 Å². The molecule has 4 aliphatic rings. The van der Waals surface area contributed by atoms with E-state index in [1.165, 1.54) is 62.0 Å². The predicted molar refractivity (Wildman–Crippen MR) is 106 cm³/mol. The molecule has 0 radical (unpaired) electrons. The number of nitro groups is 1. The normalized spacial score (nSPS) is 30.1. The van der Waals surface area contributed by atoms with Crippen molar-refractivity contribution in [2.75, 3.05) is 0 Å². The summed E-state index contributed by atoms with van der Waals surface area (Å²) in [5.74, 6) is 4.17. The fraction of sp³-hybridized carbons (Fsp3) is 0.550. The van der Waals surface area contributed by atoms with E-state index in [1.54, 1.807) is 12.1 Å². The Morgan fingerprint density at radius 1 is 1.10 bits per heavy atom. The molecule has 29 heavy (non-hydrogen) atoms. The molecule has 8 nitrogen and oxygen atoms in total. The summed E-state index contributed by atoms with van der Waals surface area (Å²) in [6, 6.07) is 6.11. The summed E-state index contributed by atoms with van der Waals surface area (Å²) in [5.41, 5.74) is 0.204. The van der Waals surface area contributed by atoms with Crippen LogP contribution in [0.15, 0.2) is 24.3 Å². The van der Waals surface area contributed by atoms with Crippen LogP contribution in [-0.2, 0) is 12.0 Å². The van der Waals surface area contributed by atoms with Gasteiger partial charge in [0, 0.05) is 17.5 Å². The average molecular weight is 411 g/mol. The van der Waals surface area contributed by atoms with E-state index in [-0.39, 0.29) is 11.1 Å². The first-order chi connectivity index (χ1) is 14.1. The van der Waals surface area contributed by atoms with Crippen molar-refractivity contribution in [3.63, 3.8) is 0 Å².